The zero-order valence-electron chi connectivity index (χ0n) is 19.9. The van der Waals surface area contributed by atoms with Gasteiger partial charge in [0.05, 0.1) is 28.4 Å². The first kappa shape index (κ1) is 27.6. The van der Waals surface area contributed by atoms with E-state index in [0.717, 1.165) is 5.56 Å². The number of nitrogens with zero attached hydrogens (tertiary/aromatic N) is 2. The Balaban J connectivity index is 1.60. The maximum Gasteiger partial charge on any atom is 0.349 e. The van der Waals surface area contributed by atoms with Crippen molar-refractivity contribution in [1.29, 1.82) is 0 Å². The summed E-state index contributed by atoms with van der Waals surface area (Å²) in [7, 11) is 1.55. The fourth-order valence-corrected chi connectivity index (χ4v) is 3.94. The average molecular weight is 579 g/mol. The Morgan fingerprint density at radius 3 is 2.28 bits per heavy atom. The standard InChI is InChI=1S/C25H18Cl2F2N4O6/c1-37-14-4-2-12(3-5-14)11-38-19-7-6-15(10-16(19)23(30)34)39-21-17(26)8-13(9-18(21)27)33-25(36)31-24(35)20(32-33)22(28)29/h2-10,22H,11H2,1H3,(H2,30,34)(H,31,35,36). The van der Waals surface area contributed by atoms with Crippen molar-refractivity contribution in [2.75, 3.05) is 7.11 Å². The predicted molar refractivity (Wildman–Crippen MR) is 138 cm³/mol. The third-order valence-electron chi connectivity index (χ3n) is 5.28. The molecule has 0 spiro atoms. The number of amides is 1. The first-order chi connectivity index (χ1) is 18.6. The number of nitrogens with two attached hydrogens (primary N) is 1. The predicted octanol–water partition coefficient (Wildman–Crippen LogP) is 4.64. The first-order valence-corrected chi connectivity index (χ1v) is 11.7. The molecule has 0 fully saturated rings. The van der Waals surface area contributed by atoms with Gasteiger partial charge in [-0.25, -0.2) is 13.6 Å². The normalized spacial score (nSPS) is 10.9. The van der Waals surface area contributed by atoms with Crippen molar-refractivity contribution in [3.8, 4) is 28.7 Å². The van der Waals surface area contributed by atoms with E-state index in [2.05, 4.69) is 5.10 Å². The number of hydrogen-bond donors (Lipinski definition) is 2. The molecule has 14 heteroatoms. The van der Waals surface area contributed by atoms with Crippen LogP contribution in [0.4, 0.5) is 8.78 Å². The van der Waals surface area contributed by atoms with Gasteiger partial charge in [0.15, 0.2) is 11.4 Å². The number of carbonyl (C=O) groups excluding carboxylic acids is 1. The number of rotatable bonds is 9. The lowest BCUT2D eigenvalue weighted by atomic mass is 10.1. The van der Waals surface area contributed by atoms with Crippen LogP contribution in [0.2, 0.25) is 10.0 Å². The number of aromatic nitrogens is 3. The van der Waals surface area contributed by atoms with Gasteiger partial charge in [0.25, 0.3) is 17.9 Å². The number of alkyl halides is 2. The molecule has 3 N–H and O–H groups in total. The second-order valence-electron chi connectivity index (χ2n) is 7.86. The number of hydrogen-bond acceptors (Lipinski definition) is 7. The Kier molecular flexibility index (Phi) is 8.17. The van der Waals surface area contributed by atoms with E-state index in [-0.39, 0.29) is 45.2 Å². The van der Waals surface area contributed by atoms with Crippen LogP contribution in [0.15, 0.2) is 64.2 Å². The molecule has 0 aliphatic heterocycles. The average Bonchev–Trinajstić information content (AvgIpc) is 2.89. The van der Waals surface area contributed by atoms with E-state index in [1.165, 1.54) is 30.3 Å². The number of halogens is 4. The maximum atomic E-state index is 13.1. The van der Waals surface area contributed by atoms with Crippen LogP contribution in [-0.2, 0) is 6.61 Å². The number of H-pyrrole nitrogens is 1. The molecule has 1 heterocycles. The molecule has 0 saturated heterocycles. The molecule has 4 rings (SSSR count). The summed E-state index contributed by atoms with van der Waals surface area (Å²) in [6.07, 6.45) is -3.23. The van der Waals surface area contributed by atoms with Crippen molar-refractivity contribution in [2.45, 2.75) is 13.0 Å². The molecule has 4 aromatic rings. The van der Waals surface area contributed by atoms with E-state index in [0.29, 0.717) is 10.4 Å². The monoisotopic (exact) mass is 578 g/mol. The van der Waals surface area contributed by atoms with E-state index < -0.39 is 29.3 Å². The highest BCUT2D eigenvalue weighted by molar-refractivity contribution is 6.37. The molecule has 1 amide bonds. The molecule has 1 aromatic heterocycles. The topological polar surface area (TPSA) is 139 Å². The summed E-state index contributed by atoms with van der Waals surface area (Å²) in [6, 6.07) is 13.8. The first-order valence-electron chi connectivity index (χ1n) is 11.0. The minimum atomic E-state index is -3.23. The molecule has 0 saturated carbocycles. The van der Waals surface area contributed by atoms with Gasteiger partial charge >= 0.3 is 5.69 Å². The number of benzene rings is 3. The van der Waals surface area contributed by atoms with Crippen LogP contribution in [0.5, 0.6) is 23.0 Å². The largest absolute Gasteiger partial charge is 0.497 e. The number of nitrogens with one attached hydrogen (secondary N) is 1. The van der Waals surface area contributed by atoms with Crippen LogP contribution in [0.3, 0.4) is 0 Å². The zero-order valence-corrected chi connectivity index (χ0v) is 21.4. The van der Waals surface area contributed by atoms with Crippen LogP contribution in [0, 0.1) is 0 Å². The lowest BCUT2D eigenvalue weighted by Crippen LogP contribution is -2.34. The van der Waals surface area contributed by atoms with Gasteiger partial charge in [0, 0.05) is 0 Å². The van der Waals surface area contributed by atoms with Gasteiger partial charge in [0.1, 0.15) is 23.9 Å². The Hall–Kier alpha value is -4.42. The smallest absolute Gasteiger partial charge is 0.349 e. The minimum absolute atomic E-state index is 0.0217. The van der Waals surface area contributed by atoms with Gasteiger partial charge in [-0.3, -0.25) is 14.6 Å². The summed E-state index contributed by atoms with van der Waals surface area (Å²) < 4.78 is 43.3. The van der Waals surface area contributed by atoms with Crippen LogP contribution in [0.25, 0.3) is 5.69 Å². The lowest BCUT2D eigenvalue weighted by Gasteiger charge is -2.15. The third-order valence-corrected chi connectivity index (χ3v) is 5.84. The lowest BCUT2D eigenvalue weighted by molar-refractivity contribution is 0.0995. The second kappa shape index (κ2) is 11.5. The van der Waals surface area contributed by atoms with Gasteiger partial charge in [-0.1, -0.05) is 35.3 Å². The summed E-state index contributed by atoms with van der Waals surface area (Å²) >= 11 is 12.6. The number of aromatic amines is 1. The quantitative estimate of drug-likeness (QED) is 0.295. The van der Waals surface area contributed by atoms with Crippen LogP contribution in [-0.4, -0.2) is 27.8 Å². The molecule has 0 radical (unpaired) electrons. The van der Waals surface area contributed by atoms with Gasteiger partial charge < -0.3 is 19.9 Å². The molecule has 10 nitrogen and oxygen atoms in total. The molecule has 0 unspecified atom stereocenters. The summed E-state index contributed by atoms with van der Waals surface area (Å²) in [5.74, 6) is 0.156. The van der Waals surface area contributed by atoms with Crippen molar-refractivity contribution in [3.05, 3.63) is 102 Å². The van der Waals surface area contributed by atoms with Crippen LogP contribution >= 0.6 is 23.2 Å². The van der Waals surface area contributed by atoms with Crippen LogP contribution in [0.1, 0.15) is 28.0 Å². The molecule has 202 valence electrons. The third kappa shape index (κ3) is 6.19. The summed E-state index contributed by atoms with van der Waals surface area (Å²) in [5.41, 5.74) is 2.70. The van der Waals surface area contributed by atoms with Crippen molar-refractivity contribution < 1.29 is 27.8 Å². The molecular formula is C25H18Cl2F2N4O6. The number of ether oxygens (including phenoxy) is 3. The SMILES string of the molecule is COc1ccc(COc2ccc(Oc3c(Cl)cc(-n4nc(C(F)F)c(=O)[nH]c4=O)cc3Cl)cc2C(N)=O)cc1. The number of primary amides is 1. The van der Waals surface area contributed by atoms with E-state index in [1.54, 1.807) is 36.4 Å². The highest BCUT2D eigenvalue weighted by Gasteiger charge is 2.20. The van der Waals surface area contributed by atoms with Crippen molar-refractivity contribution in [2.24, 2.45) is 5.73 Å². The minimum Gasteiger partial charge on any atom is -0.497 e. The molecule has 39 heavy (non-hydrogen) atoms. The summed E-state index contributed by atoms with van der Waals surface area (Å²) in [6.45, 7) is 0.148. The second-order valence-corrected chi connectivity index (χ2v) is 8.67. The van der Waals surface area contributed by atoms with E-state index in [4.69, 9.17) is 43.1 Å². The van der Waals surface area contributed by atoms with E-state index in [1.807, 2.05) is 0 Å². The van der Waals surface area contributed by atoms with E-state index >= 15 is 0 Å². The molecule has 0 aliphatic carbocycles. The fourth-order valence-electron chi connectivity index (χ4n) is 3.39. The zero-order chi connectivity index (χ0) is 28.3. The van der Waals surface area contributed by atoms with Gasteiger partial charge in [-0.2, -0.15) is 9.78 Å². The van der Waals surface area contributed by atoms with E-state index in [9.17, 15) is 23.2 Å². The Morgan fingerprint density at radius 2 is 1.69 bits per heavy atom. The van der Waals surface area contributed by atoms with Crippen LogP contribution < -0.4 is 31.2 Å². The Labute approximate surface area is 228 Å². The molecule has 0 bridgehead atoms. The fraction of sp³-hybridized carbons (Fsp3) is 0.120. The molecule has 0 aliphatic rings. The Bertz CT molecular complexity index is 1640. The maximum absolute atomic E-state index is 13.1. The van der Waals surface area contributed by atoms with Crippen molar-refractivity contribution >= 4 is 29.1 Å². The Morgan fingerprint density at radius 1 is 1.05 bits per heavy atom. The molecular weight excluding hydrogens is 561 g/mol. The summed E-state index contributed by atoms with van der Waals surface area (Å²) in [5, 5.41) is 3.15. The van der Waals surface area contributed by atoms with Gasteiger partial charge in [-0.05, 0) is 48.0 Å². The summed E-state index contributed by atoms with van der Waals surface area (Å²) in [4.78, 5) is 37.6. The highest BCUT2D eigenvalue weighted by Crippen LogP contribution is 2.39. The number of carbonyl (C=O) groups is 1. The van der Waals surface area contributed by atoms with Gasteiger partial charge in [0.2, 0.25) is 0 Å². The molecule has 0 atom stereocenters. The highest BCUT2D eigenvalue weighted by atomic mass is 35.5. The van der Waals surface area contributed by atoms with Gasteiger partial charge in [-0.15, -0.1) is 0 Å². The van der Waals surface area contributed by atoms with Crippen molar-refractivity contribution in [3.63, 3.8) is 0 Å². The number of methoxy groups -OCH3 is 1. The molecule has 3 aromatic carbocycles. The van der Waals surface area contributed by atoms with Crippen molar-refractivity contribution in [1.82, 2.24) is 14.8 Å².